The summed E-state index contributed by atoms with van der Waals surface area (Å²) in [6.45, 7) is 5.33. The number of aliphatic imine (C=N–C) groups is 1. The number of carbonyl (C=O) groups is 1. The molecule has 2 aromatic rings. The molecule has 176 valence electrons. The van der Waals surface area contributed by atoms with Gasteiger partial charge in [0.05, 0.1) is 12.6 Å². The van der Waals surface area contributed by atoms with Gasteiger partial charge in [0.15, 0.2) is 5.17 Å². The topological polar surface area (TPSA) is 93.0 Å². The third-order valence-corrected chi connectivity index (χ3v) is 7.44. The highest BCUT2D eigenvalue weighted by molar-refractivity contribution is 9.10. The lowest BCUT2D eigenvalue weighted by Gasteiger charge is -2.45. The van der Waals surface area contributed by atoms with E-state index in [0.29, 0.717) is 29.6 Å². The van der Waals surface area contributed by atoms with Gasteiger partial charge in [-0.1, -0.05) is 11.8 Å². The molecule has 4 rings (SSSR count). The third-order valence-electron chi connectivity index (χ3n) is 5.72. The number of aromatic nitrogens is 1. The highest BCUT2D eigenvalue weighted by atomic mass is 79.9. The monoisotopic (exact) mass is 537 g/mol. The number of rotatable bonds is 2. The Hall–Kier alpha value is -2.33. The second-order valence-corrected chi connectivity index (χ2v) is 11.0. The van der Waals surface area contributed by atoms with Gasteiger partial charge in [0.25, 0.3) is 0 Å². The molecule has 2 aliphatic rings. The van der Waals surface area contributed by atoms with Crippen LogP contribution in [-0.4, -0.2) is 39.8 Å². The number of thioether (sulfide) groups is 1. The average molecular weight is 538 g/mol. The van der Waals surface area contributed by atoms with E-state index in [1.54, 1.807) is 34.1 Å². The van der Waals surface area contributed by atoms with Crippen LogP contribution in [0.15, 0.2) is 33.9 Å². The number of fused-ring (bicyclic) bond motifs is 2. The molecule has 7 nitrogen and oxygen atoms in total. The number of nitrogens with zero attached hydrogens (tertiary/aromatic N) is 2. The minimum Gasteiger partial charge on any atom is -0.508 e. The van der Waals surface area contributed by atoms with Gasteiger partial charge in [0, 0.05) is 39.9 Å². The number of carbonyl (C=O) groups excluding carboxylic acids is 1. The summed E-state index contributed by atoms with van der Waals surface area (Å²) in [5.74, 6) is 0.399. The van der Waals surface area contributed by atoms with Crippen LogP contribution in [0.4, 0.5) is 9.18 Å². The van der Waals surface area contributed by atoms with Crippen molar-refractivity contribution in [3.63, 3.8) is 0 Å². The van der Waals surface area contributed by atoms with Gasteiger partial charge in [-0.05, 0) is 66.9 Å². The Morgan fingerprint density at radius 3 is 2.82 bits per heavy atom. The lowest BCUT2D eigenvalue weighted by atomic mass is 9.67. The standard InChI is InChI=1S/C23H25BrFN3O4S/c1-22(2,3)32-21(30)27-20-28-23(16-8-13(29)5-6-18(16)25)9-15-14(7-12(23)11-33-20)17(24)10-26-19(15)31-4/h5-6,8,10,12,29H,7,9,11H2,1-4H3,(H,27,28,30)/t12-,23-/m1/s1. The molecule has 0 unspecified atom stereocenters. The minimum atomic E-state index is -1.07. The quantitative estimate of drug-likeness (QED) is 0.563. The van der Waals surface area contributed by atoms with E-state index in [1.165, 1.54) is 30.0 Å². The molecular formula is C23H25BrFN3O4S. The molecule has 0 saturated heterocycles. The van der Waals surface area contributed by atoms with E-state index < -0.39 is 23.1 Å². The zero-order valence-corrected chi connectivity index (χ0v) is 21.1. The Balaban J connectivity index is 1.85. The maximum absolute atomic E-state index is 15.2. The van der Waals surface area contributed by atoms with Crippen molar-refractivity contribution >= 4 is 39.0 Å². The number of alkyl carbamates (subject to hydrolysis) is 1. The van der Waals surface area contributed by atoms with Crippen molar-refractivity contribution in [1.82, 2.24) is 10.3 Å². The van der Waals surface area contributed by atoms with Gasteiger partial charge in [-0.2, -0.15) is 0 Å². The van der Waals surface area contributed by atoms with Crippen molar-refractivity contribution in [3.05, 3.63) is 51.4 Å². The second-order valence-electron chi connectivity index (χ2n) is 9.09. The number of hydrogen-bond donors (Lipinski definition) is 2. The zero-order chi connectivity index (χ0) is 24.0. The van der Waals surface area contributed by atoms with Gasteiger partial charge < -0.3 is 14.6 Å². The highest BCUT2D eigenvalue weighted by Crippen LogP contribution is 2.51. The first kappa shape index (κ1) is 23.8. The minimum absolute atomic E-state index is 0.0558. The average Bonchev–Trinajstić information content (AvgIpc) is 2.73. The van der Waals surface area contributed by atoms with Crippen LogP contribution in [0.25, 0.3) is 0 Å². The first-order valence-corrected chi connectivity index (χ1v) is 12.2. The molecule has 2 N–H and O–H groups in total. The predicted octanol–water partition coefficient (Wildman–Crippen LogP) is 4.94. The first-order valence-electron chi connectivity index (χ1n) is 10.4. The van der Waals surface area contributed by atoms with E-state index in [1.807, 2.05) is 0 Å². The van der Waals surface area contributed by atoms with Crippen molar-refractivity contribution in [3.8, 4) is 11.6 Å². The Morgan fingerprint density at radius 1 is 1.36 bits per heavy atom. The summed E-state index contributed by atoms with van der Waals surface area (Å²) < 4.78 is 27.0. The maximum atomic E-state index is 15.2. The van der Waals surface area contributed by atoms with Gasteiger partial charge >= 0.3 is 6.09 Å². The molecule has 0 saturated carbocycles. The van der Waals surface area contributed by atoms with Crippen LogP contribution in [-0.2, 0) is 23.1 Å². The van der Waals surface area contributed by atoms with E-state index >= 15 is 4.39 Å². The van der Waals surface area contributed by atoms with E-state index in [0.717, 1.165) is 15.6 Å². The number of amidine groups is 1. The SMILES string of the molecule is COc1ncc(Br)c2c1C[C@@]1(c3cc(O)ccc3F)N=C(NC(=O)OC(C)(C)C)SC[C@H]1C2. The van der Waals surface area contributed by atoms with Gasteiger partial charge in [-0.3, -0.25) is 5.32 Å². The summed E-state index contributed by atoms with van der Waals surface area (Å²) in [6.07, 6.45) is 1.97. The number of ether oxygens (including phenoxy) is 2. The Kier molecular flexibility index (Phi) is 6.34. The Bertz CT molecular complexity index is 1140. The van der Waals surface area contributed by atoms with Crippen molar-refractivity contribution in [2.24, 2.45) is 10.9 Å². The summed E-state index contributed by atoms with van der Waals surface area (Å²) in [5, 5.41) is 13.2. The van der Waals surface area contributed by atoms with Crippen LogP contribution < -0.4 is 10.1 Å². The number of methoxy groups -OCH3 is 1. The van der Waals surface area contributed by atoms with Crippen LogP contribution in [0.3, 0.4) is 0 Å². The number of nitrogens with one attached hydrogen (secondary N) is 1. The first-order chi connectivity index (χ1) is 15.5. The van der Waals surface area contributed by atoms with Gasteiger partial charge in [-0.25, -0.2) is 19.2 Å². The van der Waals surface area contributed by atoms with E-state index in [9.17, 15) is 9.90 Å². The molecule has 2 heterocycles. The molecule has 2 atom stereocenters. The summed E-state index contributed by atoms with van der Waals surface area (Å²) in [6, 6.07) is 3.96. The molecule has 0 radical (unpaired) electrons. The molecule has 1 aromatic carbocycles. The molecule has 10 heteroatoms. The largest absolute Gasteiger partial charge is 0.508 e. The molecule has 1 amide bonds. The molecular weight excluding hydrogens is 513 g/mol. The van der Waals surface area contributed by atoms with Gasteiger partial charge in [0.1, 0.15) is 17.2 Å². The third kappa shape index (κ3) is 4.68. The summed E-state index contributed by atoms with van der Waals surface area (Å²) in [5.41, 5.74) is 0.391. The molecule has 1 aliphatic carbocycles. The van der Waals surface area contributed by atoms with Crippen molar-refractivity contribution in [2.75, 3.05) is 12.9 Å². The summed E-state index contributed by atoms with van der Waals surface area (Å²) in [7, 11) is 1.54. The number of aromatic hydroxyl groups is 1. The molecule has 0 spiro atoms. The number of amides is 1. The van der Waals surface area contributed by atoms with Crippen LogP contribution in [0.5, 0.6) is 11.6 Å². The molecule has 1 aromatic heterocycles. The summed E-state index contributed by atoms with van der Waals surface area (Å²) >= 11 is 4.97. The van der Waals surface area contributed by atoms with Crippen molar-refractivity contribution < 1.29 is 23.8 Å². The molecule has 0 fully saturated rings. The van der Waals surface area contributed by atoms with Gasteiger partial charge in [0.2, 0.25) is 5.88 Å². The Morgan fingerprint density at radius 2 is 2.12 bits per heavy atom. The predicted molar refractivity (Wildman–Crippen MR) is 128 cm³/mol. The van der Waals surface area contributed by atoms with E-state index in [4.69, 9.17) is 14.5 Å². The lowest BCUT2D eigenvalue weighted by molar-refractivity contribution is 0.0563. The number of benzene rings is 1. The smallest absolute Gasteiger partial charge is 0.413 e. The fourth-order valence-corrected chi connectivity index (χ4v) is 5.99. The van der Waals surface area contributed by atoms with Crippen LogP contribution in [0, 0.1) is 11.7 Å². The number of hydrogen-bond acceptors (Lipinski definition) is 7. The van der Waals surface area contributed by atoms with Crippen molar-refractivity contribution in [2.45, 2.75) is 44.8 Å². The zero-order valence-electron chi connectivity index (χ0n) is 18.7. The number of halogens is 2. The fraction of sp³-hybridized carbons (Fsp3) is 0.435. The number of pyridine rings is 1. The Labute approximate surface area is 204 Å². The van der Waals surface area contributed by atoms with Crippen LogP contribution in [0.2, 0.25) is 0 Å². The lowest BCUT2D eigenvalue weighted by Crippen LogP contribution is -2.48. The van der Waals surface area contributed by atoms with E-state index in [2.05, 4.69) is 26.2 Å². The summed E-state index contributed by atoms with van der Waals surface area (Å²) in [4.78, 5) is 21.7. The highest BCUT2D eigenvalue weighted by Gasteiger charge is 2.50. The molecule has 33 heavy (non-hydrogen) atoms. The number of phenolic OH excluding ortho intramolecular Hbond substituents is 1. The maximum Gasteiger partial charge on any atom is 0.413 e. The molecule has 0 bridgehead atoms. The van der Waals surface area contributed by atoms with Gasteiger partial charge in [-0.15, -0.1) is 0 Å². The number of phenols is 1. The molecule has 1 aliphatic heterocycles. The second kappa shape index (κ2) is 8.79. The van der Waals surface area contributed by atoms with Crippen molar-refractivity contribution in [1.29, 1.82) is 0 Å². The normalized spacial score (nSPS) is 22.0. The van der Waals surface area contributed by atoms with Crippen LogP contribution >= 0.6 is 27.7 Å². The fourth-order valence-electron chi connectivity index (χ4n) is 4.35. The van der Waals surface area contributed by atoms with Crippen LogP contribution in [0.1, 0.15) is 37.5 Å². The van der Waals surface area contributed by atoms with E-state index in [-0.39, 0.29) is 17.2 Å².